The van der Waals surface area contributed by atoms with Crippen LogP contribution in [0.2, 0.25) is 0 Å². The normalized spacial score (nSPS) is 21.4. The predicted octanol–water partition coefficient (Wildman–Crippen LogP) is 3.48. The number of alkyl halides is 5. The van der Waals surface area contributed by atoms with Crippen molar-refractivity contribution >= 4 is 6.34 Å². The Bertz CT molecular complexity index is 345. The third-order valence-electron chi connectivity index (χ3n) is 2.77. The average molecular weight is 287 g/mol. The molecule has 0 amide bonds. The van der Waals surface area contributed by atoms with Gasteiger partial charge in [-0.25, -0.2) is 0 Å². The van der Waals surface area contributed by atoms with Crippen molar-refractivity contribution in [3.8, 4) is 0 Å². The zero-order valence-corrected chi connectivity index (χ0v) is 11.3. The SMILES string of the molecule is CCN1N=CN(C(F)(F)C(F)(F)F)C1CC(C)(C)C. The van der Waals surface area contributed by atoms with E-state index >= 15 is 0 Å². The minimum absolute atomic E-state index is 0.00174. The van der Waals surface area contributed by atoms with Crippen LogP contribution in [0.4, 0.5) is 22.0 Å². The van der Waals surface area contributed by atoms with Crippen LogP contribution >= 0.6 is 0 Å². The van der Waals surface area contributed by atoms with Gasteiger partial charge in [-0.2, -0.15) is 27.1 Å². The Morgan fingerprint density at radius 1 is 1.11 bits per heavy atom. The number of hydrogen-bond acceptors (Lipinski definition) is 3. The lowest BCUT2D eigenvalue weighted by Gasteiger charge is -2.38. The van der Waals surface area contributed by atoms with E-state index in [1.165, 1.54) is 5.01 Å². The summed E-state index contributed by atoms with van der Waals surface area (Å²) in [7, 11) is 0. The highest BCUT2D eigenvalue weighted by molar-refractivity contribution is 5.58. The second-order valence-corrected chi connectivity index (χ2v) is 5.68. The molecule has 3 nitrogen and oxygen atoms in total. The van der Waals surface area contributed by atoms with Crippen LogP contribution in [-0.4, -0.2) is 41.2 Å². The second-order valence-electron chi connectivity index (χ2n) is 5.68. The van der Waals surface area contributed by atoms with Crippen LogP contribution in [0.5, 0.6) is 0 Å². The fraction of sp³-hybridized carbons (Fsp3) is 0.909. The first-order valence-corrected chi connectivity index (χ1v) is 5.94. The Morgan fingerprint density at radius 2 is 1.63 bits per heavy atom. The molecule has 0 fully saturated rings. The number of hydrogen-bond donors (Lipinski definition) is 0. The van der Waals surface area contributed by atoms with E-state index in [2.05, 4.69) is 5.10 Å². The molecular formula is C11H18F5N3. The summed E-state index contributed by atoms with van der Waals surface area (Å²) >= 11 is 0. The van der Waals surface area contributed by atoms with E-state index < -0.39 is 23.8 Å². The summed E-state index contributed by atoms with van der Waals surface area (Å²) in [6, 6.07) is -4.92. The molecule has 0 aromatic heterocycles. The summed E-state index contributed by atoms with van der Waals surface area (Å²) in [5.74, 6) is 0. The number of nitrogens with zero attached hydrogens (tertiary/aromatic N) is 3. The fourth-order valence-corrected chi connectivity index (χ4v) is 1.87. The van der Waals surface area contributed by atoms with Gasteiger partial charge in [0.05, 0.1) is 0 Å². The van der Waals surface area contributed by atoms with Gasteiger partial charge in [0.15, 0.2) is 0 Å². The fourth-order valence-electron chi connectivity index (χ4n) is 1.87. The smallest absolute Gasteiger partial charge is 0.273 e. The third kappa shape index (κ3) is 3.27. The van der Waals surface area contributed by atoms with Gasteiger partial charge >= 0.3 is 12.2 Å². The van der Waals surface area contributed by atoms with Crippen molar-refractivity contribution in [2.45, 2.75) is 52.5 Å². The first kappa shape index (κ1) is 16.0. The Hall–Kier alpha value is -1.08. The van der Waals surface area contributed by atoms with E-state index in [-0.39, 0.29) is 17.9 Å². The summed E-state index contributed by atoms with van der Waals surface area (Å²) < 4.78 is 64.3. The van der Waals surface area contributed by atoms with Crippen molar-refractivity contribution in [2.24, 2.45) is 10.5 Å². The number of rotatable bonds is 3. The average Bonchev–Trinajstić information content (AvgIpc) is 2.56. The van der Waals surface area contributed by atoms with Crippen LogP contribution in [0, 0.1) is 5.41 Å². The molecule has 8 heteroatoms. The Kier molecular flexibility index (Phi) is 4.03. The minimum atomic E-state index is -5.63. The summed E-state index contributed by atoms with van der Waals surface area (Å²) in [6.07, 6.45) is -6.00. The van der Waals surface area contributed by atoms with E-state index in [4.69, 9.17) is 0 Å². The maximum Gasteiger partial charge on any atom is 0.475 e. The van der Waals surface area contributed by atoms with Gasteiger partial charge in [0.1, 0.15) is 12.5 Å². The van der Waals surface area contributed by atoms with Gasteiger partial charge in [0.25, 0.3) is 0 Å². The van der Waals surface area contributed by atoms with Crippen molar-refractivity contribution < 1.29 is 22.0 Å². The molecule has 0 spiro atoms. The summed E-state index contributed by atoms with van der Waals surface area (Å²) in [6.45, 7) is 7.26. The van der Waals surface area contributed by atoms with Gasteiger partial charge in [0.2, 0.25) is 0 Å². The summed E-state index contributed by atoms with van der Waals surface area (Å²) in [4.78, 5) is 0.00174. The Balaban J connectivity index is 3.03. The molecule has 0 N–H and O–H groups in total. The van der Waals surface area contributed by atoms with Gasteiger partial charge in [-0.1, -0.05) is 20.8 Å². The topological polar surface area (TPSA) is 18.8 Å². The van der Waals surface area contributed by atoms with Gasteiger partial charge in [0, 0.05) is 6.54 Å². The molecule has 1 heterocycles. The Morgan fingerprint density at radius 3 is 2.00 bits per heavy atom. The molecule has 1 unspecified atom stereocenters. The quantitative estimate of drug-likeness (QED) is 0.584. The van der Waals surface area contributed by atoms with Crippen molar-refractivity contribution in [3.05, 3.63) is 0 Å². The molecule has 1 rings (SSSR count). The van der Waals surface area contributed by atoms with Crippen molar-refractivity contribution in [2.75, 3.05) is 6.54 Å². The van der Waals surface area contributed by atoms with E-state index in [0.717, 1.165) is 0 Å². The molecule has 0 aromatic rings. The first-order valence-electron chi connectivity index (χ1n) is 5.94. The largest absolute Gasteiger partial charge is 0.475 e. The Labute approximate surface area is 109 Å². The van der Waals surface area contributed by atoms with Crippen LogP contribution in [0.3, 0.4) is 0 Å². The highest BCUT2D eigenvalue weighted by atomic mass is 19.4. The lowest BCUT2D eigenvalue weighted by atomic mass is 9.90. The lowest BCUT2D eigenvalue weighted by molar-refractivity contribution is -0.334. The maximum atomic E-state index is 13.5. The van der Waals surface area contributed by atoms with Crippen LogP contribution in [0.1, 0.15) is 34.1 Å². The molecule has 0 bridgehead atoms. The zero-order chi connectivity index (χ0) is 15.1. The van der Waals surface area contributed by atoms with Crippen molar-refractivity contribution in [1.29, 1.82) is 0 Å². The molecule has 1 aliphatic rings. The van der Waals surface area contributed by atoms with E-state index in [0.29, 0.717) is 6.34 Å². The first-order chi connectivity index (χ1) is 8.40. The maximum absolute atomic E-state index is 13.5. The highest BCUT2D eigenvalue weighted by Crippen LogP contribution is 2.42. The number of hydrazone groups is 1. The lowest BCUT2D eigenvalue weighted by Crippen LogP contribution is -2.57. The molecule has 0 saturated heterocycles. The van der Waals surface area contributed by atoms with Gasteiger partial charge < -0.3 is 0 Å². The van der Waals surface area contributed by atoms with Gasteiger partial charge in [-0.15, -0.1) is 0 Å². The minimum Gasteiger partial charge on any atom is -0.273 e. The molecular weight excluding hydrogens is 269 g/mol. The molecule has 1 atom stereocenters. The standard InChI is InChI=1S/C11H18F5N3/c1-5-19-8(6-9(2,3)4)18(7-17-19)11(15,16)10(12,13)14/h7-8H,5-6H2,1-4H3. The van der Waals surface area contributed by atoms with E-state index in [1.54, 1.807) is 27.7 Å². The van der Waals surface area contributed by atoms with Crippen LogP contribution in [0.15, 0.2) is 5.10 Å². The monoisotopic (exact) mass is 287 g/mol. The molecule has 0 radical (unpaired) electrons. The number of halogens is 5. The highest BCUT2D eigenvalue weighted by Gasteiger charge is 2.64. The van der Waals surface area contributed by atoms with Crippen molar-refractivity contribution in [3.63, 3.8) is 0 Å². The van der Waals surface area contributed by atoms with Crippen LogP contribution < -0.4 is 0 Å². The predicted molar refractivity (Wildman–Crippen MR) is 61.6 cm³/mol. The van der Waals surface area contributed by atoms with Gasteiger partial charge in [-0.05, 0) is 18.8 Å². The third-order valence-corrected chi connectivity index (χ3v) is 2.77. The van der Waals surface area contributed by atoms with Crippen LogP contribution in [0.25, 0.3) is 0 Å². The second kappa shape index (κ2) is 4.79. The van der Waals surface area contributed by atoms with Gasteiger partial charge in [-0.3, -0.25) is 9.91 Å². The summed E-state index contributed by atoms with van der Waals surface area (Å²) in [5.41, 5.74) is -0.397. The summed E-state index contributed by atoms with van der Waals surface area (Å²) in [5, 5.41) is 4.88. The zero-order valence-electron chi connectivity index (χ0n) is 11.3. The van der Waals surface area contributed by atoms with Crippen LogP contribution in [-0.2, 0) is 0 Å². The van der Waals surface area contributed by atoms with Crippen molar-refractivity contribution in [1.82, 2.24) is 9.91 Å². The molecule has 0 saturated carbocycles. The molecule has 19 heavy (non-hydrogen) atoms. The van der Waals surface area contributed by atoms with E-state index in [9.17, 15) is 22.0 Å². The van der Waals surface area contributed by atoms with E-state index in [1.807, 2.05) is 0 Å². The molecule has 0 aromatic carbocycles. The molecule has 0 aliphatic carbocycles. The molecule has 1 aliphatic heterocycles. The molecule has 112 valence electrons.